The van der Waals surface area contributed by atoms with E-state index in [0.717, 1.165) is 0 Å². The SMILES string of the molecule is c1ccc(-c2ccc3c(c2)B2c4ccccc4N(c4cccc5c4-c4ccccc4C54c5ccccc5-c5ccccc54)c4cccc(c42)N3c2cccc3c2-c2ccccc2C32c3ccccc3-c3ccccc32)cc1. The second-order valence-electron chi connectivity index (χ2n) is 21.7. The van der Waals surface area contributed by atoms with Crippen molar-refractivity contribution < 1.29 is 0 Å². The van der Waals surface area contributed by atoms with Gasteiger partial charge in [-0.3, -0.25) is 0 Å². The molecule has 2 spiro atoms. The lowest BCUT2D eigenvalue weighted by Gasteiger charge is -2.45. The van der Waals surface area contributed by atoms with E-state index in [4.69, 9.17) is 0 Å². The summed E-state index contributed by atoms with van der Waals surface area (Å²) in [5.74, 6) is 0. The highest BCUT2D eigenvalue weighted by Gasteiger charge is 2.55. The summed E-state index contributed by atoms with van der Waals surface area (Å²) in [6, 6.07) is 104. The van der Waals surface area contributed by atoms with E-state index in [1.165, 1.54) is 151 Å². The summed E-state index contributed by atoms with van der Waals surface area (Å²) < 4.78 is 0. The van der Waals surface area contributed by atoms with Gasteiger partial charge in [0.05, 0.1) is 22.2 Å². The Kier molecular flexibility index (Phi) is 8.11. The van der Waals surface area contributed by atoms with Crippen LogP contribution in [0.25, 0.3) is 55.6 Å². The number of benzene rings is 12. The molecule has 0 saturated carbocycles. The van der Waals surface area contributed by atoms with Crippen LogP contribution >= 0.6 is 0 Å². The van der Waals surface area contributed by atoms with Crippen LogP contribution in [0.5, 0.6) is 0 Å². The molecule has 2 aliphatic heterocycles. The van der Waals surface area contributed by atoms with Crippen molar-refractivity contribution in [2.24, 2.45) is 0 Å². The van der Waals surface area contributed by atoms with Crippen molar-refractivity contribution in [3.63, 3.8) is 0 Å². The molecule has 0 amide bonds. The summed E-state index contributed by atoms with van der Waals surface area (Å²) in [4.78, 5) is 5.27. The number of hydrogen-bond acceptors (Lipinski definition) is 2. The lowest BCUT2D eigenvalue weighted by molar-refractivity contribution is 0.793. The first-order valence-electron chi connectivity index (χ1n) is 27.1. The molecule has 4 aliphatic carbocycles. The fraction of sp³-hybridized carbons (Fsp3) is 0.0270. The largest absolute Gasteiger partial charge is 0.311 e. The van der Waals surface area contributed by atoms with Crippen LogP contribution in [0.15, 0.2) is 273 Å². The lowest BCUT2D eigenvalue weighted by atomic mass is 9.33. The van der Waals surface area contributed by atoms with Gasteiger partial charge in [-0.2, -0.15) is 0 Å². The minimum Gasteiger partial charge on any atom is -0.311 e. The fourth-order valence-electron chi connectivity index (χ4n) is 15.8. The molecule has 2 heterocycles. The topological polar surface area (TPSA) is 6.48 Å². The van der Waals surface area contributed by atoms with Crippen LogP contribution < -0.4 is 26.2 Å². The Labute approximate surface area is 448 Å². The average Bonchev–Trinajstić information content (AvgIpc) is 3.74. The predicted molar refractivity (Wildman–Crippen MR) is 318 cm³/mol. The maximum absolute atomic E-state index is 2.64. The van der Waals surface area contributed by atoms with Gasteiger partial charge in [-0.1, -0.05) is 237 Å². The molecule has 6 aliphatic rings. The van der Waals surface area contributed by atoms with Gasteiger partial charge in [-0.05, 0) is 142 Å². The maximum atomic E-state index is 2.64. The van der Waals surface area contributed by atoms with E-state index in [0.29, 0.717) is 0 Å². The predicted octanol–water partition coefficient (Wildman–Crippen LogP) is 16.1. The van der Waals surface area contributed by atoms with E-state index in [-0.39, 0.29) is 6.71 Å². The standard InChI is InChI=1S/C74H45BN2/c1-2-21-46(22-3-1)47-43-44-65-63(45-47)75-62-37-16-17-38-64(62)76(66-39-18-35-60-70(66)52-27-8-14-33-58(52)73(60)54-29-10-4-23-48(54)49-24-5-11-30-55(49)73)68-41-20-42-69(72(68)75)77(65)67-40-19-36-61-71(67)53-28-9-15-34-59(53)74(61)56-31-12-6-25-50(56)51-26-7-13-32-57(51)74/h1-45H. The summed E-state index contributed by atoms with van der Waals surface area (Å²) in [5.41, 5.74) is 33.8. The molecule has 18 rings (SSSR count). The third-order valence-corrected chi connectivity index (χ3v) is 18.5. The molecule has 0 N–H and O–H groups in total. The molecule has 0 bridgehead atoms. The Balaban J connectivity index is 0.923. The first-order valence-corrected chi connectivity index (χ1v) is 27.1. The zero-order valence-electron chi connectivity index (χ0n) is 42.0. The first-order chi connectivity index (χ1) is 38.3. The molecule has 0 unspecified atom stereocenters. The minimum atomic E-state index is -0.471. The Morgan fingerprint density at radius 1 is 0.234 bits per heavy atom. The normalized spacial score (nSPS) is 14.9. The number of fused-ring (bicyclic) bond motifs is 24. The molecular formula is C74H45BN2. The number of para-hydroxylation sites is 1. The summed E-state index contributed by atoms with van der Waals surface area (Å²) in [5, 5.41) is 0. The van der Waals surface area contributed by atoms with E-state index in [9.17, 15) is 0 Å². The third kappa shape index (κ3) is 4.99. The van der Waals surface area contributed by atoms with Crippen LogP contribution in [-0.2, 0) is 10.8 Å². The van der Waals surface area contributed by atoms with Crippen molar-refractivity contribution in [2.45, 2.75) is 10.8 Å². The molecule has 354 valence electrons. The van der Waals surface area contributed by atoms with Gasteiger partial charge in [0.1, 0.15) is 0 Å². The third-order valence-electron chi connectivity index (χ3n) is 18.5. The van der Waals surface area contributed by atoms with Crippen molar-refractivity contribution >= 4 is 57.2 Å². The number of nitrogens with zero attached hydrogens (tertiary/aromatic N) is 2. The van der Waals surface area contributed by atoms with E-state index >= 15 is 0 Å². The second kappa shape index (κ2) is 15.0. The van der Waals surface area contributed by atoms with Gasteiger partial charge in [-0.15, -0.1) is 0 Å². The summed E-state index contributed by atoms with van der Waals surface area (Å²) in [6.45, 7) is -0.0449. The molecule has 0 radical (unpaired) electrons. The Morgan fingerprint density at radius 3 is 1.08 bits per heavy atom. The molecule has 77 heavy (non-hydrogen) atoms. The van der Waals surface area contributed by atoms with Crippen LogP contribution in [0.4, 0.5) is 34.1 Å². The van der Waals surface area contributed by atoms with Crippen molar-refractivity contribution in [1.29, 1.82) is 0 Å². The molecule has 2 nitrogen and oxygen atoms in total. The maximum Gasteiger partial charge on any atom is 0.252 e. The second-order valence-corrected chi connectivity index (χ2v) is 21.7. The molecule has 0 aromatic heterocycles. The van der Waals surface area contributed by atoms with Crippen LogP contribution in [0, 0.1) is 0 Å². The fourth-order valence-corrected chi connectivity index (χ4v) is 15.8. The van der Waals surface area contributed by atoms with Crippen molar-refractivity contribution in [2.75, 3.05) is 9.80 Å². The smallest absolute Gasteiger partial charge is 0.252 e. The van der Waals surface area contributed by atoms with Crippen LogP contribution in [-0.4, -0.2) is 6.71 Å². The van der Waals surface area contributed by atoms with E-state index in [1.54, 1.807) is 0 Å². The molecule has 3 heteroatoms. The molecular weight excluding hydrogens is 928 g/mol. The van der Waals surface area contributed by atoms with Gasteiger partial charge in [-0.25, -0.2) is 0 Å². The van der Waals surface area contributed by atoms with Gasteiger partial charge >= 0.3 is 0 Å². The van der Waals surface area contributed by atoms with Crippen molar-refractivity contribution in [3.05, 3.63) is 317 Å². The van der Waals surface area contributed by atoms with Gasteiger partial charge in [0.25, 0.3) is 6.71 Å². The van der Waals surface area contributed by atoms with Crippen molar-refractivity contribution in [3.8, 4) is 55.6 Å². The first kappa shape index (κ1) is 41.6. The Hall–Kier alpha value is -9.70. The number of hydrogen-bond donors (Lipinski definition) is 0. The van der Waals surface area contributed by atoms with Crippen LogP contribution in [0.1, 0.15) is 44.5 Å². The number of anilines is 6. The average molecular weight is 973 g/mol. The van der Waals surface area contributed by atoms with Crippen molar-refractivity contribution in [1.82, 2.24) is 0 Å². The van der Waals surface area contributed by atoms with Crippen LogP contribution in [0.2, 0.25) is 0 Å². The summed E-state index contributed by atoms with van der Waals surface area (Å²) in [6.07, 6.45) is 0. The van der Waals surface area contributed by atoms with E-state index in [1.807, 2.05) is 0 Å². The van der Waals surface area contributed by atoms with E-state index in [2.05, 4.69) is 283 Å². The highest BCUT2D eigenvalue weighted by molar-refractivity contribution is 7.00. The number of rotatable bonds is 3. The van der Waals surface area contributed by atoms with Crippen LogP contribution in [0.3, 0.4) is 0 Å². The summed E-state index contributed by atoms with van der Waals surface area (Å²) in [7, 11) is 0. The Bertz CT molecular complexity index is 4460. The highest BCUT2D eigenvalue weighted by atomic mass is 15.2. The van der Waals surface area contributed by atoms with Gasteiger partial charge in [0, 0.05) is 33.9 Å². The molecule has 12 aromatic rings. The molecule has 12 aromatic carbocycles. The van der Waals surface area contributed by atoms with E-state index < -0.39 is 10.8 Å². The van der Waals surface area contributed by atoms with Gasteiger partial charge < -0.3 is 9.80 Å². The van der Waals surface area contributed by atoms with Gasteiger partial charge in [0.15, 0.2) is 0 Å². The quantitative estimate of drug-likeness (QED) is 0.163. The Morgan fingerprint density at radius 2 is 0.584 bits per heavy atom. The zero-order chi connectivity index (χ0) is 50.1. The van der Waals surface area contributed by atoms with Gasteiger partial charge in [0.2, 0.25) is 0 Å². The lowest BCUT2D eigenvalue weighted by Crippen LogP contribution is -2.61. The zero-order valence-corrected chi connectivity index (χ0v) is 42.0. The monoisotopic (exact) mass is 972 g/mol. The molecule has 0 atom stereocenters. The minimum absolute atomic E-state index is 0.0449. The highest BCUT2D eigenvalue weighted by Crippen LogP contribution is 2.67. The molecule has 0 saturated heterocycles. The molecule has 0 fully saturated rings. The summed E-state index contributed by atoms with van der Waals surface area (Å²) >= 11 is 0.